The lowest BCUT2D eigenvalue weighted by atomic mass is 9.84. The molecule has 2 N–H and O–H groups in total. The number of carboxylic acids is 1. The summed E-state index contributed by atoms with van der Waals surface area (Å²) in [6, 6.07) is 10.2. The molecule has 1 aromatic carbocycles. The van der Waals surface area contributed by atoms with E-state index in [1.165, 1.54) is 5.56 Å². The van der Waals surface area contributed by atoms with Crippen molar-refractivity contribution in [2.45, 2.75) is 39.2 Å². The van der Waals surface area contributed by atoms with Crippen LogP contribution >= 0.6 is 0 Å². The molecule has 0 bridgehead atoms. The molecule has 0 saturated heterocycles. The summed E-state index contributed by atoms with van der Waals surface area (Å²) in [5, 5.41) is 12.3. The molecule has 0 aliphatic carbocycles. The summed E-state index contributed by atoms with van der Waals surface area (Å²) in [6.45, 7) is 8.73. The molecule has 2 atom stereocenters. The van der Waals surface area contributed by atoms with Gasteiger partial charge < -0.3 is 10.4 Å². The van der Waals surface area contributed by atoms with E-state index in [0.717, 1.165) is 6.54 Å². The van der Waals surface area contributed by atoms with E-state index >= 15 is 0 Å². The van der Waals surface area contributed by atoms with Crippen molar-refractivity contribution in [3.8, 4) is 0 Å². The number of aliphatic carboxylic acids is 1. The molecule has 0 fully saturated rings. The minimum absolute atomic E-state index is 0.00621. The standard InChI is InChI=1S/C15H23NO2/c1-11(14(17)18)12(2)16-10-15(3,4)13-8-6-5-7-9-13/h5-9,11-12,16H,10H2,1-4H3,(H,17,18). The van der Waals surface area contributed by atoms with E-state index in [1.807, 2.05) is 25.1 Å². The third-order valence-electron chi connectivity index (χ3n) is 3.56. The summed E-state index contributed by atoms with van der Waals surface area (Å²) >= 11 is 0. The SMILES string of the molecule is CC(NCC(C)(C)c1ccccc1)C(C)C(=O)O. The zero-order valence-corrected chi connectivity index (χ0v) is 11.6. The van der Waals surface area contributed by atoms with Crippen molar-refractivity contribution in [1.29, 1.82) is 0 Å². The average Bonchev–Trinajstić information content (AvgIpc) is 2.36. The molecule has 0 aliphatic rings. The van der Waals surface area contributed by atoms with Gasteiger partial charge in [-0.15, -0.1) is 0 Å². The molecule has 0 amide bonds. The van der Waals surface area contributed by atoms with Crippen LogP contribution in [0.25, 0.3) is 0 Å². The first-order valence-electron chi connectivity index (χ1n) is 6.36. The first-order valence-corrected chi connectivity index (χ1v) is 6.36. The Bertz CT molecular complexity index is 387. The number of hydrogen-bond donors (Lipinski definition) is 2. The van der Waals surface area contributed by atoms with Crippen LogP contribution in [-0.4, -0.2) is 23.7 Å². The number of carboxylic acid groups (broad SMARTS) is 1. The Morgan fingerprint density at radius 1 is 1.28 bits per heavy atom. The third-order valence-corrected chi connectivity index (χ3v) is 3.56. The van der Waals surface area contributed by atoms with E-state index in [1.54, 1.807) is 6.92 Å². The lowest BCUT2D eigenvalue weighted by Gasteiger charge is -2.29. The second-order valence-electron chi connectivity index (χ2n) is 5.55. The Labute approximate surface area is 109 Å². The molecule has 2 unspecified atom stereocenters. The minimum atomic E-state index is -0.757. The predicted molar refractivity (Wildman–Crippen MR) is 73.7 cm³/mol. The van der Waals surface area contributed by atoms with Crippen LogP contribution in [0.1, 0.15) is 33.3 Å². The van der Waals surface area contributed by atoms with Crippen molar-refractivity contribution in [2.75, 3.05) is 6.54 Å². The molecule has 0 saturated carbocycles. The Kier molecular flexibility index (Phi) is 4.91. The molecule has 3 nitrogen and oxygen atoms in total. The monoisotopic (exact) mass is 249 g/mol. The van der Waals surface area contributed by atoms with E-state index in [2.05, 4.69) is 31.3 Å². The van der Waals surface area contributed by atoms with Gasteiger partial charge in [-0.1, -0.05) is 51.1 Å². The highest BCUT2D eigenvalue weighted by Gasteiger charge is 2.24. The fourth-order valence-electron chi connectivity index (χ4n) is 1.80. The second-order valence-corrected chi connectivity index (χ2v) is 5.55. The lowest BCUT2D eigenvalue weighted by molar-refractivity contribution is -0.141. The van der Waals surface area contributed by atoms with Gasteiger partial charge in [0.2, 0.25) is 0 Å². The molecule has 3 heteroatoms. The van der Waals surface area contributed by atoms with Gasteiger partial charge in [-0.25, -0.2) is 0 Å². The summed E-state index contributed by atoms with van der Waals surface area (Å²) in [4.78, 5) is 10.9. The van der Waals surface area contributed by atoms with Gasteiger partial charge >= 0.3 is 5.97 Å². The van der Waals surface area contributed by atoms with Crippen molar-refractivity contribution in [1.82, 2.24) is 5.32 Å². The normalized spacial score (nSPS) is 15.1. The smallest absolute Gasteiger partial charge is 0.307 e. The number of benzene rings is 1. The Balaban J connectivity index is 2.60. The van der Waals surface area contributed by atoms with Crippen LogP contribution in [0.2, 0.25) is 0 Å². The molecule has 0 heterocycles. The molecular weight excluding hydrogens is 226 g/mol. The maximum Gasteiger partial charge on any atom is 0.307 e. The van der Waals surface area contributed by atoms with Gasteiger partial charge in [0.1, 0.15) is 0 Å². The lowest BCUT2D eigenvalue weighted by Crippen LogP contribution is -2.42. The van der Waals surface area contributed by atoms with Crippen LogP contribution in [0.3, 0.4) is 0 Å². The summed E-state index contributed by atoms with van der Waals surface area (Å²) in [5.74, 6) is -1.14. The van der Waals surface area contributed by atoms with Gasteiger partial charge in [0.05, 0.1) is 5.92 Å². The number of carbonyl (C=O) groups is 1. The first-order chi connectivity index (χ1) is 8.34. The van der Waals surface area contributed by atoms with Crippen LogP contribution < -0.4 is 5.32 Å². The van der Waals surface area contributed by atoms with Gasteiger partial charge in [0, 0.05) is 18.0 Å². The summed E-state index contributed by atoms with van der Waals surface area (Å²) < 4.78 is 0. The highest BCUT2D eigenvalue weighted by molar-refractivity contribution is 5.70. The summed E-state index contributed by atoms with van der Waals surface area (Å²) in [6.07, 6.45) is 0. The zero-order chi connectivity index (χ0) is 13.8. The van der Waals surface area contributed by atoms with Crippen LogP contribution in [-0.2, 0) is 10.2 Å². The van der Waals surface area contributed by atoms with Gasteiger partial charge in [-0.05, 0) is 12.5 Å². The highest BCUT2D eigenvalue weighted by atomic mass is 16.4. The molecule has 100 valence electrons. The van der Waals surface area contributed by atoms with Crippen LogP contribution in [0, 0.1) is 5.92 Å². The quantitative estimate of drug-likeness (QED) is 0.815. The van der Waals surface area contributed by atoms with E-state index in [4.69, 9.17) is 5.11 Å². The van der Waals surface area contributed by atoms with E-state index in [0.29, 0.717) is 0 Å². The van der Waals surface area contributed by atoms with Crippen molar-refractivity contribution in [3.63, 3.8) is 0 Å². The van der Waals surface area contributed by atoms with Crippen molar-refractivity contribution >= 4 is 5.97 Å². The van der Waals surface area contributed by atoms with Gasteiger partial charge in [-0.2, -0.15) is 0 Å². The molecule has 1 rings (SSSR count). The largest absolute Gasteiger partial charge is 0.481 e. The molecular formula is C15H23NO2. The Morgan fingerprint density at radius 3 is 2.33 bits per heavy atom. The molecule has 0 radical (unpaired) electrons. The van der Waals surface area contributed by atoms with Crippen molar-refractivity contribution < 1.29 is 9.90 Å². The van der Waals surface area contributed by atoms with Crippen LogP contribution in [0.15, 0.2) is 30.3 Å². The van der Waals surface area contributed by atoms with Crippen LogP contribution in [0.5, 0.6) is 0 Å². The van der Waals surface area contributed by atoms with Crippen molar-refractivity contribution in [2.24, 2.45) is 5.92 Å². The predicted octanol–water partition coefficient (Wildman–Crippen LogP) is 2.66. The van der Waals surface area contributed by atoms with E-state index in [-0.39, 0.29) is 17.4 Å². The van der Waals surface area contributed by atoms with Gasteiger partial charge in [0.15, 0.2) is 0 Å². The second kappa shape index (κ2) is 6.01. The Morgan fingerprint density at radius 2 is 1.83 bits per heavy atom. The maximum atomic E-state index is 10.9. The molecule has 0 aliphatic heterocycles. The molecule has 1 aromatic rings. The highest BCUT2D eigenvalue weighted by Crippen LogP contribution is 2.22. The van der Waals surface area contributed by atoms with Gasteiger partial charge in [0.25, 0.3) is 0 Å². The Hall–Kier alpha value is -1.35. The molecule has 18 heavy (non-hydrogen) atoms. The van der Waals surface area contributed by atoms with Crippen molar-refractivity contribution in [3.05, 3.63) is 35.9 Å². The summed E-state index contributed by atoms with van der Waals surface area (Å²) in [5.41, 5.74) is 1.25. The molecule has 0 aromatic heterocycles. The summed E-state index contributed by atoms with van der Waals surface area (Å²) in [7, 11) is 0. The molecule has 0 spiro atoms. The zero-order valence-electron chi connectivity index (χ0n) is 11.6. The first kappa shape index (κ1) is 14.7. The van der Waals surface area contributed by atoms with Gasteiger partial charge in [-0.3, -0.25) is 4.79 Å². The average molecular weight is 249 g/mol. The topological polar surface area (TPSA) is 49.3 Å². The van der Waals surface area contributed by atoms with E-state index in [9.17, 15) is 4.79 Å². The number of rotatable bonds is 6. The maximum absolute atomic E-state index is 10.9. The third kappa shape index (κ3) is 3.84. The fourth-order valence-corrected chi connectivity index (χ4v) is 1.80. The van der Waals surface area contributed by atoms with E-state index < -0.39 is 5.97 Å². The minimum Gasteiger partial charge on any atom is -0.481 e. The number of hydrogen-bond acceptors (Lipinski definition) is 2. The number of nitrogens with one attached hydrogen (secondary N) is 1. The fraction of sp³-hybridized carbons (Fsp3) is 0.533. The van der Waals surface area contributed by atoms with Crippen LogP contribution in [0.4, 0.5) is 0 Å².